The number of hydrogen-bond donors (Lipinski definition) is 1. The first kappa shape index (κ1) is 18.5. The molecule has 1 aromatic heterocycles. The predicted molar refractivity (Wildman–Crippen MR) is 105 cm³/mol. The zero-order valence-corrected chi connectivity index (χ0v) is 16.2. The fraction of sp³-hybridized carbons (Fsp3) is 0.526. The summed E-state index contributed by atoms with van der Waals surface area (Å²) >= 11 is 0. The Morgan fingerprint density at radius 1 is 1.12 bits per heavy atom. The summed E-state index contributed by atoms with van der Waals surface area (Å²) in [4.78, 5) is 19.9. The minimum Gasteiger partial charge on any atom is -0.368 e. The summed E-state index contributed by atoms with van der Waals surface area (Å²) in [5, 5.41) is 0. The molecule has 2 heterocycles. The zero-order valence-electron chi connectivity index (χ0n) is 16.2. The molecule has 0 unspecified atom stereocenters. The highest BCUT2D eigenvalue weighted by Gasteiger charge is 2.24. The fourth-order valence-corrected chi connectivity index (χ4v) is 3.32. The summed E-state index contributed by atoms with van der Waals surface area (Å²) in [5.74, 6) is 1.63. The molecular weight excluding hydrogens is 326 g/mol. The van der Waals surface area contributed by atoms with Crippen molar-refractivity contribution in [2.24, 2.45) is 0 Å². The van der Waals surface area contributed by atoms with Crippen LogP contribution < -0.4 is 10.6 Å². The van der Waals surface area contributed by atoms with Gasteiger partial charge in [-0.1, -0.05) is 29.8 Å². The van der Waals surface area contributed by atoms with Crippen LogP contribution in [-0.2, 0) is 6.54 Å². The molecule has 1 fully saturated rings. The van der Waals surface area contributed by atoms with Crippen LogP contribution in [0.3, 0.4) is 0 Å². The third-order valence-corrected chi connectivity index (χ3v) is 4.88. The lowest BCUT2D eigenvalue weighted by Gasteiger charge is -2.37. The molecule has 1 aromatic carbocycles. The second-order valence-electron chi connectivity index (χ2n) is 7.22. The number of aromatic nitrogens is 3. The summed E-state index contributed by atoms with van der Waals surface area (Å²) in [5.41, 5.74) is 8.57. The molecule has 2 N–H and O–H groups in total. The van der Waals surface area contributed by atoms with Crippen molar-refractivity contribution in [2.75, 3.05) is 50.9 Å². The van der Waals surface area contributed by atoms with Gasteiger partial charge in [0.25, 0.3) is 0 Å². The smallest absolute Gasteiger partial charge is 0.229 e. The van der Waals surface area contributed by atoms with Gasteiger partial charge in [0, 0.05) is 46.8 Å². The van der Waals surface area contributed by atoms with Crippen molar-refractivity contribution in [3.05, 3.63) is 41.2 Å². The first-order valence-electron chi connectivity index (χ1n) is 9.13. The second kappa shape index (κ2) is 7.97. The standard InChI is InChI=1S/C19H29N7/c1-14-6-5-7-16(12-14)13-25-8-10-26(11-9-25)15(2)17-21-18(20)23-19(22-17)24(3)4/h5-7,12,15H,8-11,13H2,1-4H3,(H2,20,21,22,23)/t15-/m1/s1. The van der Waals surface area contributed by atoms with Gasteiger partial charge in [-0.05, 0) is 19.4 Å². The van der Waals surface area contributed by atoms with Crippen molar-refractivity contribution in [3.63, 3.8) is 0 Å². The highest BCUT2D eigenvalue weighted by molar-refractivity contribution is 5.33. The molecule has 0 spiro atoms. The molecule has 0 aliphatic carbocycles. The lowest BCUT2D eigenvalue weighted by Crippen LogP contribution is -2.47. The number of nitrogens with two attached hydrogens (primary N) is 1. The molecule has 7 nitrogen and oxygen atoms in total. The Hall–Kier alpha value is -2.25. The third kappa shape index (κ3) is 4.47. The Morgan fingerprint density at radius 2 is 1.85 bits per heavy atom. The van der Waals surface area contributed by atoms with Crippen molar-refractivity contribution in [3.8, 4) is 0 Å². The molecule has 1 aliphatic heterocycles. The summed E-state index contributed by atoms with van der Waals surface area (Å²) in [6, 6.07) is 8.88. The van der Waals surface area contributed by atoms with Gasteiger partial charge in [0.05, 0.1) is 6.04 Å². The first-order valence-corrected chi connectivity index (χ1v) is 9.13. The average Bonchev–Trinajstić information content (AvgIpc) is 2.61. The van der Waals surface area contributed by atoms with Crippen LogP contribution in [0.25, 0.3) is 0 Å². The Morgan fingerprint density at radius 3 is 2.50 bits per heavy atom. The van der Waals surface area contributed by atoms with Crippen LogP contribution in [-0.4, -0.2) is 65.0 Å². The molecule has 140 valence electrons. The Balaban J connectivity index is 1.61. The molecule has 0 saturated carbocycles. The molecule has 1 aliphatic rings. The van der Waals surface area contributed by atoms with E-state index in [2.05, 4.69) is 62.9 Å². The maximum atomic E-state index is 5.87. The van der Waals surface area contributed by atoms with Gasteiger partial charge in [-0.2, -0.15) is 15.0 Å². The molecule has 0 amide bonds. The van der Waals surface area contributed by atoms with Crippen molar-refractivity contribution >= 4 is 11.9 Å². The van der Waals surface area contributed by atoms with Gasteiger partial charge in [0.1, 0.15) is 0 Å². The second-order valence-corrected chi connectivity index (χ2v) is 7.22. The fourth-order valence-electron chi connectivity index (χ4n) is 3.32. The van der Waals surface area contributed by atoms with Crippen LogP contribution >= 0.6 is 0 Å². The Kier molecular flexibility index (Phi) is 5.68. The normalized spacial score (nSPS) is 17.2. The minimum atomic E-state index is 0.125. The number of nitrogens with zero attached hydrogens (tertiary/aromatic N) is 6. The van der Waals surface area contributed by atoms with Gasteiger partial charge >= 0.3 is 0 Å². The topological polar surface area (TPSA) is 74.4 Å². The first-order chi connectivity index (χ1) is 12.4. The monoisotopic (exact) mass is 355 g/mol. The van der Waals surface area contributed by atoms with Crippen molar-refractivity contribution in [2.45, 2.75) is 26.4 Å². The molecule has 3 rings (SSSR count). The van der Waals surface area contributed by atoms with Gasteiger partial charge in [0.2, 0.25) is 11.9 Å². The van der Waals surface area contributed by atoms with E-state index in [9.17, 15) is 0 Å². The van der Waals surface area contributed by atoms with Crippen molar-refractivity contribution in [1.82, 2.24) is 24.8 Å². The maximum absolute atomic E-state index is 5.87. The van der Waals surface area contributed by atoms with E-state index in [0.29, 0.717) is 5.95 Å². The van der Waals surface area contributed by atoms with Crippen molar-refractivity contribution in [1.29, 1.82) is 0 Å². The highest BCUT2D eigenvalue weighted by atomic mass is 15.3. The van der Waals surface area contributed by atoms with Crippen molar-refractivity contribution < 1.29 is 0 Å². The summed E-state index contributed by atoms with van der Waals surface area (Å²) in [6.07, 6.45) is 0. The lowest BCUT2D eigenvalue weighted by molar-refractivity contribution is 0.0948. The van der Waals surface area contributed by atoms with E-state index >= 15 is 0 Å². The molecule has 0 radical (unpaired) electrons. The molecular formula is C19H29N7. The largest absolute Gasteiger partial charge is 0.368 e. The van der Waals surface area contributed by atoms with E-state index in [-0.39, 0.29) is 12.0 Å². The van der Waals surface area contributed by atoms with Crippen LogP contribution in [0.2, 0.25) is 0 Å². The van der Waals surface area contributed by atoms with E-state index < -0.39 is 0 Å². The number of aryl methyl sites for hydroxylation is 1. The lowest BCUT2D eigenvalue weighted by atomic mass is 10.1. The van der Waals surface area contributed by atoms with Crippen LogP contribution in [0.4, 0.5) is 11.9 Å². The molecule has 26 heavy (non-hydrogen) atoms. The van der Waals surface area contributed by atoms with E-state index in [1.807, 2.05) is 19.0 Å². The van der Waals surface area contributed by atoms with Gasteiger partial charge in [0.15, 0.2) is 5.82 Å². The summed E-state index contributed by atoms with van der Waals surface area (Å²) in [6.45, 7) is 9.37. The number of nitrogen functional groups attached to an aromatic ring is 1. The number of benzene rings is 1. The predicted octanol–water partition coefficient (Wildman–Crippen LogP) is 1.71. The SMILES string of the molecule is Cc1cccc(CN2CCN([C@H](C)c3nc(N)nc(N(C)C)n3)CC2)c1. The van der Waals surface area contributed by atoms with Gasteiger partial charge in [-0.3, -0.25) is 9.80 Å². The van der Waals surface area contributed by atoms with Gasteiger partial charge in [-0.15, -0.1) is 0 Å². The summed E-state index contributed by atoms with van der Waals surface area (Å²) in [7, 11) is 3.82. The molecule has 1 atom stereocenters. The number of piperazine rings is 1. The van der Waals surface area contributed by atoms with Gasteiger partial charge in [-0.25, -0.2) is 0 Å². The minimum absolute atomic E-state index is 0.125. The molecule has 0 bridgehead atoms. The zero-order chi connectivity index (χ0) is 18.7. The Labute approximate surface area is 155 Å². The van der Waals surface area contributed by atoms with Gasteiger partial charge < -0.3 is 10.6 Å². The van der Waals surface area contributed by atoms with E-state index in [1.165, 1.54) is 11.1 Å². The van der Waals surface area contributed by atoms with Crippen LogP contribution in [0.15, 0.2) is 24.3 Å². The third-order valence-electron chi connectivity index (χ3n) is 4.88. The summed E-state index contributed by atoms with van der Waals surface area (Å²) < 4.78 is 0. The highest BCUT2D eigenvalue weighted by Crippen LogP contribution is 2.21. The number of hydrogen-bond acceptors (Lipinski definition) is 7. The quantitative estimate of drug-likeness (QED) is 0.875. The van der Waals surface area contributed by atoms with Crippen LogP contribution in [0.5, 0.6) is 0 Å². The molecule has 1 saturated heterocycles. The number of rotatable bonds is 5. The van der Waals surface area contributed by atoms with E-state index in [1.54, 1.807) is 0 Å². The molecule has 7 heteroatoms. The molecule has 2 aromatic rings. The van der Waals surface area contributed by atoms with E-state index in [4.69, 9.17) is 5.73 Å². The number of anilines is 2. The van der Waals surface area contributed by atoms with Crippen LogP contribution in [0.1, 0.15) is 29.9 Å². The van der Waals surface area contributed by atoms with E-state index in [0.717, 1.165) is 38.5 Å². The maximum Gasteiger partial charge on any atom is 0.229 e. The average molecular weight is 355 g/mol. The van der Waals surface area contributed by atoms with Crippen LogP contribution in [0, 0.1) is 6.92 Å². The Bertz CT molecular complexity index is 738.